The van der Waals surface area contributed by atoms with Crippen LogP contribution in [0.1, 0.15) is 15.9 Å². The van der Waals surface area contributed by atoms with Crippen LogP contribution in [0.2, 0.25) is 5.02 Å². The van der Waals surface area contributed by atoms with Gasteiger partial charge in [-0.2, -0.15) is 0 Å². The number of halogens is 1. The van der Waals surface area contributed by atoms with E-state index in [0.717, 1.165) is 16.9 Å². The lowest BCUT2D eigenvalue weighted by Crippen LogP contribution is -2.14. The third-order valence-electron chi connectivity index (χ3n) is 3.55. The van der Waals surface area contributed by atoms with Crippen molar-refractivity contribution >= 4 is 34.7 Å². The molecule has 0 aliphatic carbocycles. The van der Waals surface area contributed by atoms with Crippen molar-refractivity contribution in [3.63, 3.8) is 0 Å². The number of amides is 1. The Kier molecular flexibility index (Phi) is 4.77. The number of hydrogen-bond donors (Lipinski definition) is 2. The van der Waals surface area contributed by atoms with Crippen LogP contribution in [-0.4, -0.2) is 10.9 Å². The van der Waals surface area contributed by atoms with Crippen LogP contribution in [0, 0.1) is 6.92 Å². The van der Waals surface area contributed by atoms with Crippen molar-refractivity contribution in [1.29, 1.82) is 0 Å². The molecule has 0 aliphatic rings. The molecule has 1 aromatic heterocycles. The minimum Gasteiger partial charge on any atom is -0.353 e. The minimum atomic E-state index is -0.174. The molecule has 0 radical (unpaired) electrons. The Morgan fingerprint density at radius 3 is 2.46 bits per heavy atom. The smallest absolute Gasteiger partial charge is 0.257 e. The number of benzene rings is 2. The zero-order valence-electron chi connectivity index (χ0n) is 13.1. The van der Waals surface area contributed by atoms with Crippen molar-refractivity contribution in [3.8, 4) is 0 Å². The standard InChI is InChI=1S/C19H16ClN3O/c1-13-6-2-3-7-15(13)19(24)23-18-11-10-14(12-21-18)22-17-9-5-4-8-16(17)20/h2-12,22H,1H3,(H,21,23,24). The predicted molar refractivity (Wildman–Crippen MR) is 98.1 cm³/mol. The SMILES string of the molecule is Cc1ccccc1C(=O)Nc1ccc(Nc2ccccc2Cl)cn1. The van der Waals surface area contributed by atoms with Gasteiger partial charge in [-0.3, -0.25) is 4.79 Å². The number of aryl methyl sites for hydroxylation is 1. The fourth-order valence-electron chi connectivity index (χ4n) is 2.27. The van der Waals surface area contributed by atoms with E-state index in [1.165, 1.54) is 0 Å². The quantitative estimate of drug-likeness (QED) is 0.701. The largest absolute Gasteiger partial charge is 0.353 e. The first-order chi connectivity index (χ1) is 11.6. The Morgan fingerprint density at radius 2 is 1.75 bits per heavy atom. The third-order valence-corrected chi connectivity index (χ3v) is 3.88. The normalized spacial score (nSPS) is 10.2. The van der Waals surface area contributed by atoms with Gasteiger partial charge in [0.25, 0.3) is 5.91 Å². The summed E-state index contributed by atoms with van der Waals surface area (Å²) in [5.41, 5.74) is 3.15. The molecule has 4 nitrogen and oxygen atoms in total. The van der Waals surface area contributed by atoms with Gasteiger partial charge in [-0.15, -0.1) is 0 Å². The van der Waals surface area contributed by atoms with Gasteiger partial charge in [-0.05, 0) is 42.8 Å². The second-order valence-corrected chi connectivity index (χ2v) is 5.71. The Bertz CT molecular complexity index is 862. The summed E-state index contributed by atoms with van der Waals surface area (Å²) in [6, 6.07) is 18.5. The Balaban J connectivity index is 1.70. The van der Waals surface area contributed by atoms with E-state index in [-0.39, 0.29) is 5.91 Å². The first-order valence-electron chi connectivity index (χ1n) is 7.48. The molecular formula is C19H16ClN3O. The van der Waals surface area contributed by atoms with Gasteiger partial charge < -0.3 is 10.6 Å². The summed E-state index contributed by atoms with van der Waals surface area (Å²) in [6.07, 6.45) is 1.65. The number of nitrogens with zero attached hydrogens (tertiary/aromatic N) is 1. The molecule has 2 N–H and O–H groups in total. The maximum absolute atomic E-state index is 12.3. The summed E-state index contributed by atoms with van der Waals surface area (Å²) in [6.45, 7) is 1.90. The molecule has 3 rings (SSSR count). The number of carbonyl (C=O) groups is 1. The van der Waals surface area contributed by atoms with Gasteiger partial charge >= 0.3 is 0 Å². The van der Waals surface area contributed by atoms with Gasteiger partial charge in [0.15, 0.2) is 0 Å². The zero-order valence-corrected chi connectivity index (χ0v) is 13.8. The fourth-order valence-corrected chi connectivity index (χ4v) is 2.45. The number of anilines is 3. The van der Waals surface area contributed by atoms with Crippen molar-refractivity contribution in [2.75, 3.05) is 10.6 Å². The van der Waals surface area contributed by atoms with E-state index in [4.69, 9.17) is 11.6 Å². The molecule has 0 spiro atoms. The van der Waals surface area contributed by atoms with E-state index in [2.05, 4.69) is 15.6 Å². The highest BCUT2D eigenvalue weighted by Gasteiger charge is 2.09. The van der Waals surface area contributed by atoms with Gasteiger partial charge in [0.1, 0.15) is 5.82 Å². The van der Waals surface area contributed by atoms with Crippen molar-refractivity contribution < 1.29 is 4.79 Å². The monoisotopic (exact) mass is 337 g/mol. The molecule has 3 aromatic rings. The molecule has 0 unspecified atom stereocenters. The lowest BCUT2D eigenvalue weighted by molar-refractivity contribution is 0.102. The maximum atomic E-state index is 12.3. The summed E-state index contributed by atoms with van der Waals surface area (Å²) in [4.78, 5) is 16.5. The molecule has 0 aliphatic heterocycles. The van der Waals surface area contributed by atoms with Crippen LogP contribution in [-0.2, 0) is 0 Å². The molecule has 0 saturated heterocycles. The second kappa shape index (κ2) is 7.15. The van der Waals surface area contributed by atoms with Crippen LogP contribution in [0.3, 0.4) is 0 Å². The second-order valence-electron chi connectivity index (χ2n) is 5.31. The van der Waals surface area contributed by atoms with Crippen molar-refractivity contribution in [3.05, 3.63) is 83.0 Å². The molecule has 1 amide bonds. The van der Waals surface area contributed by atoms with E-state index < -0.39 is 0 Å². The first kappa shape index (κ1) is 16.0. The predicted octanol–water partition coefficient (Wildman–Crippen LogP) is 5.04. The van der Waals surface area contributed by atoms with Gasteiger partial charge in [-0.1, -0.05) is 41.9 Å². The third kappa shape index (κ3) is 3.73. The lowest BCUT2D eigenvalue weighted by atomic mass is 10.1. The van der Waals surface area contributed by atoms with Crippen molar-refractivity contribution in [2.24, 2.45) is 0 Å². The van der Waals surface area contributed by atoms with Gasteiger partial charge in [0.05, 0.1) is 22.6 Å². The number of carbonyl (C=O) groups excluding carboxylic acids is 1. The molecule has 0 atom stereocenters. The van der Waals surface area contributed by atoms with Crippen molar-refractivity contribution in [1.82, 2.24) is 4.98 Å². The highest BCUT2D eigenvalue weighted by atomic mass is 35.5. The summed E-state index contributed by atoms with van der Waals surface area (Å²) in [7, 11) is 0. The number of rotatable bonds is 4. The van der Waals surface area contributed by atoms with Crippen LogP contribution < -0.4 is 10.6 Å². The Labute approximate surface area is 145 Å². The van der Waals surface area contributed by atoms with Crippen LogP contribution in [0.15, 0.2) is 66.9 Å². The van der Waals surface area contributed by atoms with Gasteiger partial charge in [-0.25, -0.2) is 4.98 Å². The highest BCUT2D eigenvalue weighted by molar-refractivity contribution is 6.33. The Hall–Kier alpha value is -2.85. The molecule has 0 saturated carbocycles. The molecule has 24 heavy (non-hydrogen) atoms. The first-order valence-corrected chi connectivity index (χ1v) is 7.86. The average Bonchev–Trinajstić information content (AvgIpc) is 2.59. The van der Waals surface area contributed by atoms with Crippen LogP contribution >= 0.6 is 11.6 Å². The van der Waals surface area contributed by atoms with Crippen LogP contribution in [0.5, 0.6) is 0 Å². The number of pyridine rings is 1. The van der Waals surface area contributed by atoms with Crippen LogP contribution in [0.4, 0.5) is 17.2 Å². The number of nitrogens with one attached hydrogen (secondary N) is 2. The number of aromatic nitrogens is 1. The van der Waals surface area contributed by atoms with E-state index >= 15 is 0 Å². The molecule has 0 fully saturated rings. The van der Waals surface area contributed by atoms with Crippen molar-refractivity contribution in [2.45, 2.75) is 6.92 Å². The molecule has 120 valence electrons. The summed E-state index contributed by atoms with van der Waals surface area (Å²) in [5, 5.41) is 6.62. The van der Waals surface area contributed by atoms with E-state index in [0.29, 0.717) is 16.4 Å². The summed E-state index contributed by atoms with van der Waals surface area (Å²) in [5.74, 6) is 0.320. The molecular weight excluding hydrogens is 322 g/mol. The fraction of sp³-hybridized carbons (Fsp3) is 0.0526. The topological polar surface area (TPSA) is 54.0 Å². The van der Waals surface area contributed by atoms with E-state index in [9.17, 15) is 4.79 Å². The van der Waals surface area contributed by atoms with Gasteiger partial charge in [0, 0.05) is 5.56 Å². The van der Waals surface area contributed by atoms with Crippen LogP contribution in [0.25, 0.3) is 0 Å². The number of para-hydroxylation sites is 1. The molecule has 1 heterocycles. The maximum Gasteiger partial charge on any atom is 0.257 e. The lowest BCUT2D eigenvalue weighted by Gasteiger charge is -2.10. The summed E-state index contributed by atoms with van der Waals surface area (Å²) >= 11 is 6.12. The Morgan fingerprint density at radius 1 is 1.00 bits per heavy atom. The van der Waals surface area contributed by atoms with E-state index in [1.54, 1.807) is 18.3 Å². The molecule has 0 bridgehead atoms. The average molecular weight is 338 g/mol. The summed E-state index contributed by atoms with van der Waals surface area (Å²) < 4.78 is 0. The molecule has 2 aromatic carbocycles. The highest BCUT2D eigenvalue weighted by Crippen LogP contribution is 2.24. The zero-order chi connectivity index (χ0) is 16.9. The minimum absolute atomic E-state index is 0.174. The van der Waals surface area contributed by atoms with E-state index in [1.807, 2.05) is 55.5 Å². The van der Waals surface area contributed by atoms with Gasteiger partial charge in [0.2, 0.25) is 0 Å². The number of hydrogen-bond acceptors (Lipinski definition) is 3. The molecule has 5 heteroatoms.